The molecule has 9 nitrogen and oxygen atoms in total. The van der Waals surface area contributed by atoms with Crippen LogP contribution in [0.3, 0.4) is 0 Å². The summed E-state index contributed by atoms with van der Waals surface area (Å²) >= 11 is 0. The molecule has 0 aliphatic carbocycles. The monoisotopic (exact) mass is 603 g/mol. The number of piperidine rings is 1. The van der Waals surface area contributed by atoms with E-state index in [9.17, 15) is 14.7 Å². The molecule has 3 aromatic rings. The smallest absolute Gasteiger partial charge is 0.306 e. The van der Waals surface area contributed by atoms with Gasteiger partial charge in [-0.25, -0.2) is 4.98 Å². The van der Waals surface area contributed by atoms with E-state index in [1.54, 1.807) is 12.0 Å². The number of pyridine rings is 1. The highest BCUT2D eigenvalue weighted by Gasteiger charge is 2.29. The Kier molecular flexibility index (Phi) is 10.9. The molecule has 1 aliphatic rings. The Morgan fingerprint density at radius 2 is 1.75 bits per heavy atom. The van der Waals surface area contributed by atoms with Gasteiger partial charge in [-0.1, -0.05) is 39.0 Å². The lowest BCUT2D eigenvalue weighted by atomic mass is 9.94. The average Bonchev–Trinajstić information content (AvgIpc) is 3.00. The van der Waals surface area contributed by atoms with Crippen LogP contribution in [0.5, 0.6) is 11.5 Å². The summed E-state index contributed by atoms with van der Waals surface area (Å²) in [7, 11) is 3.15. The van der Waals surface area contributed by atoms with Crippen molar-refractivity contribution in [1.82, 2.24) is 4.98 Å². The third-order valence-corrected chi connectivity index (χ3v) is 7.78. The van der Waals surface area contributed by atoms with Crippen LogP contribution in [0.2, 0.25) is 0 Å². The summed E-state index contributed by atoms with van der Waals surface area (Å²) in [6.07, 6.45) is 1.16. The van der Waals surface area contributed by atoms with Gasteiger partial charge in [0.2, 0.25) is 0 Å². The van der Waals surface area contributed by atoms with Crippen molar-refractivity contribution in [3.8, 4) is 11.5 Å². The van der Waals surface area contributed by atoms with Crippen molar-refractivity contribution < 1.29 is 28.9 Å². The van der Waals surface area contributed by atoms with Gasteiger partial charge in [-0.3, -0.25) is 14.5 Å². The Bertz CT molecular complexity index is 1430. The summed E-state index contributed by atoms with van der Waals surface area (Å²) < 4.78 is 17.1. The Morgan fingerprint density at radius 1 is 1.02 bits per heavy atom. The second-order valence-electron chi connectivity index (χ2n) is 12.6. The summed E-state index contributed by atoms with van der Waals surface area (Å²) in [6.45, 7) is 10.9. The maximum absolute atomic E-state index is 14.2. The van der Waals surface area contributed by atoms with Gasteiger partial charge in [0.15, 0.2) is 0 Å². The van der Waals surface area contributed by atoms with E-state index < -0.39 is 12.1 Å². The predicted molar refractivity (Wildman–Crippen MR) is 172 cm³/mol. The molecule has 0 bridgehead atoms. The fourth-order valence-corrected chi connectivity index (χ4v) is 5.49. The number of amides is 1. The minimum absolute atomic E-state index is 0.0849. The Morgan fingerprint density at radius 3 is 2.39 bits per heavy atom. The maximum atomic E-state index is 14.2. The highest BCUT2D eigenvalue weighted by molar-refractivity contribution is 6.09. The fraction of sp³-hybridized carbons (Fsp3) is 0.457. The molecule has 1 saturated heterocycles. The van der Waals surface area contributed by atoms with Gasteiger partial charge in [-0.05, 0) is 73.1 Å². The van der Waals surface area contributed by atoms with E-state index in [1.807, 2.05) is 67.6 Å². The van der Waals surface area contributed by atoms with E-state index in [1.165, 1.54) is 7.11 Å². The van der Waals surface area contributed by atoms with Crippen molar-refractivity contribution in [3.05, 3.63) is 77.5 Å². The van der Waals surface area contributed by atoms with Gasteiger partial charge in [0.05, 0.1) is 37.5 Å². The Labute approximate surface area is 260 Å². The van der Waals surface area contributed by atoms with Gasteiger partial charge in [0.25, 0.3) is 5.91 Å². The molecular weight excluding hydrogens is 558 g/mol. The van der Waals surface area contributed by atoms with E-state index in [4.69, 9.17) is 14.2 Å². The first kappa shape index (κ1) is 32.8. The summed E-state index contributed by atoms with van der Waals surface area (Å²) in [6, 6.07) is 18.9. The molecule has 2 aromatic carbocycles. The van der Waals surface area contributed by atoms with Crippen molar-refractivity contribution >= 4 is 23.4 Å². The summed E-state index contributed by atoms with van der Waals surface area (Å²) in [5, 5.41) is 9.19. The first-order valence-electron chi connectivity index (χ1n) is 15.1. The van der Waals surface area contributed by atoms with Crippen LogP contribution < -0.4 is 19.3 Å². The van der Waals surface area contributed by atoms with Crippen LogP contribution in [0.1, 0.15) is 67.8 Å². The number of aromatic nitrogens is 1. The van der Waals surface area contributed by atoms with Crippen molar-refractivity contribution in [2.75, 3.05) is 50.3 Å². The molecule has 1 aliphatic heterocycles. The minimum atomic E-state index is -0.912. The molecule has 1 N–H and O–H groups in total. The molecule has 1 atom stereocenters. The predicted octanol–water partition coefficient (Wildman–Crippen LogP) is 6.55. The van der Waals surface area contributed by atoms with Gasteiger partial charge >= 0.3 is 5.97 Å². The zero-order valence-electron chi connectivity index (χ0n) is 26.7. The maximum Gasteiger partial charge on any atom is 0.306 e. The second-order valence-corrected chi connectivity index (χ2v) is 12.6. The molecule has 0 radical (unpaired) electrons. The van der Waals surface area contributed by atoms with E-state index in [0.29, 0.717) is 41.9 Å². The van der Waals surface area contributed by atoms with E-state index in [0.717, 1.165) is 42.9 Å². The molecule has 44 heavy (non-hydrogen) atoms. The second kappa shape index (κ2) is 14.6. The summed E-state index contributed by atoms with van der Waals surface area (Å²) in [4.78, 5) is 34.2. The quantitative estimate of drug-likeness (QED) is 0.249. The highest BCUT2D eigenvalue weighted by atomic mass is 16.5. The fourth-order valence-electron chi connectivity index (χ4n) is 5.49. The van der Waals surface area contributed by atoms with Gasteiger partial charge in [-0.15, -0.1) is 0 Å². The summed E-state index contributed by atoms with van der Waals surface area (Å²) in [5.74, 6) is 1.39. The number of aryl methyl sites for hydroxylation is 1. The molecular formula is C35H45N3O6. The molecule has 1 aromatic heterocycles. The molecule has 0 spiro atoms. The Hall–Kier alpha value is -4.11. The number of rotatable bonds is 12. The lowest BCUT2D eigenvalue weighted by molar-refractivity contribution is -0.139. The zero-order chi connectivity index (χ0) is 31.9. The number of ether oxygens (including phenoxy) is 3. The minimum Gasteiger partial charge on any atom is -0.497 e. The number of carbonyl (C=O) groups is 2. The number of carbonyl (C=O) groups excluding carboxylic acids is 1. The molecule has 1 fully saturated rings. The highest BCUT2D eigenvalue weighted by Crippen LogP contribution is 2.33. The number of hydrogen-bond donors (Lipinski definition) is 1. The largest absolute Gasteiger partial charge is 0.497 e. The van der Waals surface area contributed by atoms with Gasteiger partial charge in [0.1, 0.15) is 17.3 Å². The van der Waals surface area contributed by atoms with Crippen LogP contribution in [0.15, 0.2) is 60.7 Å². The van der Waals surface area contributed by atoms with Crippen LogP contribution in [0, 0.1) is 18.3 Å². The van der Waals surface area contributed by atoms with Crippen LogP contribution in [0.25, 0.3) is 0 Å². The van der Waals surface area contributed by atoms with Crippen LogP contribution in [-0.2, 0) is 9.53 Å². The third-order valence-electron chi connectivity index (χ3n) is 7.78. The van der Waals surface area contributed by atoms with Crippen LogP contribution >= 0.6 is 0 Å². The van der Waals surface area contributed by atoms with Crippen molar-refractivity contribution in [1.29, 1.82) is 0 Å². The van der Waals surface area contributed by atoms with Crippen molar-refractivity contribution in [2.24, 2.45) is 11.3 Å². The Balaban J connectivity index is 1.48. The third kappa shape index (κ3) is 8.72. The topological polar surface area (TPSA) is 101 Å². The van der Waals surface area contributed by atoms with Crippen LogP contribution in [0.4, 0.5) is 11.5 Å². The van der Waals surface area contributed by atoms with Gasteiger partial charge < -0.3 is 24.2 Å². The van der Waals surface area contributed by atoms with E-state index >= 15 is 0 Å². The first-order chi connectivity index (χ1) is 21.0. The number of anilines is 2. The van der Waals surface area contributed by atoms with Gasteiger partial charge in [0, 0.05) is 38.5 Å². The number of nitrogens with zero attached hydrogens (tertiary/aromatic N) is 3. The number of methoxy groups -OCH3 is 2. The van der Waals surface area contributed by atoms with Crippen molar-refractivity contribution in [3.63, 3.8) is 0 Å². The molecule has 1 amide bonds. The molecule has 236 valence electrons. The lowest BCUT2D eigenvalue weighted by Gasteiger charge is -2.36. The van der Waals surface area contributed by atoms with Crippen LogP contribution in [-0.4, -0.2) is 62.4 Å². The number of carboxylic acid groups (broad SMARTS) is 1. The zero-order valence-corrected chi connectivity index (χ0v) is 26.7. The summed E-state index contributed by atoms with van der Waals surface area (Å²) in [5.41, 5.74) is 2.99. The first-order valence-corrected chi connectivity index (χ1v) is 15.1. The molecule has 9 heteroatoms. The lowest BCUT2D eigenvalue weighted by Crippen LogP contribution is -2.41. The normalized spacial score (nSPS) is 14.6. The number of aliphatic carboxylic acids is 1. The molecule has 0 saturated carbocycles. The molecule has 2 heterocycles. The number of carboxylic acids is 1. The number of hydrogen-bond acceptors (Lipinski definition) is 7. The molecule has 1 unspecified atom stereocenters. The standard InChI is InChI=1S/C35H45N3O6/c1-24-9-7-12-32(36-24)38(23-35(2,3)4)34(41)29-14-13-27(42-5)20-30(29)37-17-15-25(16-18-37)22-44-28-11-8-10-26(19-28)31(43-6)21-33(39)40/h7-14,19-20,25,31H,15-18,21-23H2,1-6H3,(H,39,40). The average molecular weight is 604 g/mol. The molecule has 4 rings (SSSR count). The van der Waals surface area contributed by atoms with Crippen molar-refractivity contribution in [2.45, 2.75) is 53.1 Å². The SMILES string of the molecule is COc1ccc(C(=O)N(CC(C)(C)C)c2cccc(C)n2)c(N2CCC(COc3cccc(C(CC(=O)O)OC)c3)CC2)c1. The number of benzene rings is 2. The van der Waals surface area contributed by atoms with E-state index in [2.05, 4.69) is 30.7 Å². The van der Waals surface area contributed by atoms with Gasteiger partial charge in [-0.2, -0.15) is 0 Å². The van der Waals surface area contributed by atoms with E-state index in [-0.39, 0.29) is 17.7 Å².